The first kappa shape index (κ1) is 11.8. The van der Waals surface area contributed by atoms with Crippen LogP contribution in [0.25, 0.3) is 10.9 Å². The minimum Gasteiger partial charge on any atom is -0.350 e. The summed E-state index contributed by atoms with van der Waals surface area (Å²) in [5.41, 5.74) is 2.78. The zero-order valence-corrected chi connectivity index (χ0v) is 11.2. The van der Waals surface area contributed by atoms with E-state index in [1.807, 2.05) is 0 Å². The Morgan fingerprint density at radius 3 is 2.67 bits per heavy atom. The highest BCUT2D eigenvalue weighted by molar-refractivity contribution is 5.84. The molecule has 1 saturated heterocycles. The predicted molar refractivity (Wildman–Crippen MR) is 75.8 cm³/mol. The highest BCUT2D eigenvalue weighted by Crippen LogP contribution is 2.29. The SMILES string of the molecule is C[C@H](c1cn(C)c2ccccc12)N1CCNCC1. The lowest BCUT2D eigenvalue weighted by molar-refractivity contribution is 0.186. The minimum absolute atomic E-state index is 0.498. The van der Waals surface area contributed by atoms with Gasteiger partial charge in [-0.1, -0.05) is 18.2 Å². The molecule has 0 radical (unpaired) electrons. The topological polar surface area (TPSA) is 20.2 Å². The first-order valence-corrected chi connectivity index (χ1v) is 6.76. The molecule has 1 aliphatic heterocycles. The molecule has 1 atom stereocenters. The molecule has 2 heterocycles. The molecule has 1 N–H and O–H groups in total. The lowest BCUT2D eigenvalue weighted by Crippen LogP contribution is -2.44. The molecular formula is C15H21N3. The quantitative estimate of drug-likeness (QED) is 0.872. The van der Waals surface area contributed by atoms with Crippen molar-refractivity contribution in [3.05, 3.63) is 36.0 Å². The van der Waals surface area contributed by atoms with Crippen LogP contribution in [0.4, 0.5) is 0 Å². The van der Waals surface area contributed by atoms with Crippen molar-refractivity contribution in [1.82, 2.24) is 14.8 Å². The van der Waals surface area contributed by atoms with Crippen molar-refractivity contribution >= 4 is 10.9 Å². The summed E-state index contributed by atoms with van der Waals surface area (Å²) in [5.74, 6) is 0. The zero-order valence-electron chi connectivity index (χ0n) is 11.2. The molecule has 2 aromatic rings. The van der Waals surface area contributed by atoms with Gasteiger partial charge in [0.05, 0.1) is 0 Å². The Hall–Kier alpha value is -1.32. The van der Waals surface area contributed by atoms with Gasteiger partial charge in [-0.15, -0.1) is 0 Å². The maximum atomic E-state index is 3.42. The van der Waals surface area contributed by atoms with Crippen molar-refractivity contribution in [3.63, 3.8) is 0 Å². The van der Waals surface area contributed by atoms with Gasteiger partial charge in [-0.25, -0.2) is 0 Å². The molecule has 3 nitrogen and oxygen atoms in total. The van der Waals surface area contributed by atoms with E-state index in [2.05, 4.69) is 59.2 Å². The van der Waals surface area contributed by atoms with Gasteiger partial charge in [-0.3, -0.25) is 4.90 Å². The summed E-state index contributed by atoms with van der Waals surface area (Å²) in [6.07, 6.45) is 2.29. The van der Waals surface area contributed by atoms with Crippen LogP contribution in [0.2, 0.25) is 0 Å². The van der Waals surface area contributed by atoms with Crippen molar-refractivity contribution < 1.29 is 0 Å². The fourth-order valence-corrected chi connectivity index (χ4v) is 2.97. The monoisotopic (exact) mass is 243 g/mol. The third-order valence-electron chi connectivity index (χ3n) is 4.08. The van der Waals surface area contributed by atoms with E-state index in [0.29, 0.717) is 6.04 Å². The van der Waals surface area contributed by atoms with Crippen LogP contribution in [0.5, 0.6) is 0 Å². The number of hydrogen-bond donors (Lipinski definition) is 1. The van der Waals surface area contributed by atoms with Crippen molar-refractivity contribution in [3.8, 4) is 0 Å². The number of para-hydroxylation sites is 1. The third-order valence-corrected chi connectivity index (χ3v) is 4.08. The summed E-state index contributed by atoms with van der Waals surface area (Å²) in [5, 5.41) is 4.81. The van der Waals surface area contributed by atoms with E-state index in [-0.39, 0.29) is 0 Å². The standard InChI is InChI=1S/C15H21N3/c1-12(18-9-7-16-8-10-18)14-11-17(2)15-6-4-3-5-13(14)15/h3-6,11-12,16H,7-10H2,1-2H3/t12-/m1/s1. The summed E-state index contributed by atoms with van der Waals surface area (Å²) in [4.78, 5) is 2.57. The lowest BCUT2D eigenvalue weighted by atomic mass is 10.1. The number of aromatic nitrogens is 1. The molecule has 1 fully saturated rings. The van der Waals surface area contributed by atoms with E-state index in [0.717, 1.165) is 26.2 Å². The van der Waals surface area contributed by atoms with E-state index >= 15 is 0 Å². The summed E-state index contributed by atoms with van der Waals surface area (Å²) < 4.78 is 2.24. The van der Waals surface area contributed by atoms with Crippen LogP contribution in [0.1, 0.15) is 18.5 Å². The Kier molecular flexibility index (Phi) is 3.10. The smallest absolute Gasteiger partial charge is 0.0481 e. The van der Waals surface area contributed by atoms with E-state index in [4.69, 9.17) is 0 Å². The molecule has 1 aromatic carbocycles. The largest absolute Gasteiger partial charge is 0.350 e. The summed E-state index contributed by atoms with van der Waals surface area (Å²) in [6, 6.07) is 9.18. The average molecular weight is 243 g/mol. The molecule has 18 heavy (non-hydrogen) atoms. The van der Waals surface area contributed by atoms with Crippen LogP contribution < -0.4 is 5.32 Å². The highest BCUT2D eigenvalue weighted by atomic mass is 15.2. The van der Waals surface area contributed by atoms with E-state index in [1.54, 1.807) is 0 Å². The molecule has 0 aliphatic carbocycles. The van der Waals surface area contributed by atoms with Crippen molar-refractivity contribution in [1.29, 1.82) is 0 Å². The number of aryl methyl sites for hydroxylation is 1. The maximum Gasteiger partial charge on any atom is 0.0481 e. The first-order valence-electron chi connectivity index (χ1n) is 6.76. The fourth-order valence-electron chi connectivity index (χ4n) is 2.97. The number of piperazine rings is 1. The molecular weight excluding hydrogens is 222 g/mol. The second kappa shape index (κ2) is 4.75. The minimum atomic E-state index is 0.498. The van der Waals surface area contributed by atoms with Crippen molar-refractivity contribution in [2.75, 3.05) is 26.2 Å². The Morgan fingerprint density at radius 2 is 1.89 bits per heavy atom. The molecule has 0 bridgehead atoms. The van der Waals surface area contributed by atoms with Crippen LogP contribution in [0.3, 0.4) is 0 Å². The number of benzene rings is 1. The van der Waals surface area contributed by atoms with Crippen LogP contribution in [0, 0.1) is 0 Å². The Balaban J connectivity index is 1.98. The molecule has 0 spiro atoms. The number of fused-ring (bicyclic) bond motifs is 1. The van der Waals surface area contributed by atoms with Gasteiger partial charge in [-0.05, 0) is 18.6 Å². The van der Waals surface area contributed by atoms with E-state index in [9.17, 15) is 0 Å². The molecule has 96 valence electrons. The van der Waals surface area contributed by atoms with E-state index < -0.39 is 0 Å². The summed E-state index contributed by atoms with van der Waals surface area (Å²) >= 11 is 0. The molecule has 3 heteroatoms. The molecule has 3 rings (SSSR count). The second-order valence-electron chi connectivity index (χ2n) is 5.17. The van der Waals surface area contributed by atoms with Crippen molar-refractivity contribution in [2.24, 2.45) is 7.05 Å². The molecule has 0 unspecified atom stereocenters. The Morgan fingerprint density at radius 1 is 1.17 bits per heavy atom. The molecule has 1 aliphatic rings. The van der Waals surface area contributed by atoms with Crippen LogP contribution in [-0.2, 0) is 7.05 Å². The fraction of sp³-hybridized carbons (Fsp3) is 0.467. The Bertz CT molecular complexity index is 538. The highest BCUT2D eigenvalue weighted by Gasteiger charge is 2.20. The van der Waals surface area contributed by atoms with Gasteiger partial charge in [0.2, 0.25) is 0 Å². The maximum absolute atomic E-state index is 3.42. The van der Waals surface area contributed by atoms with Gasteiger partial charge in [0.1, 0.15) is 0 Å². The second-order valence-corrected chi connectivity index (χ2v) is 5.17. The van der Waals surface area contributed by atoms with Gasteiger partial charge < -0.3 is 9.88 Å². The molecule has 0 amide bonds. The number of hydrogen-bond acceptors (Lipinski definition) is 2. The lowest BCUT2D eigenvalue weighted by Gasteiger charge is -2.32. The van der Waals surface area contributed by atoms with Crippen LogP contribution in [-0.4, -0.2) is 35.6 Å². The molecule has 1 aromatic heterocycles. The average Bonchev–Trinajstić information content (AvgIpc) is 2.77. The molecule has 0 saturated carbocycles. The van der Waals surface area contributed by atoms with Crippen molar-refractivity contribution in [2.45, 2.75) is 13.0 Å². The van der Waals surface area contributed by atoms with Gasteiger partial charge in [0.15, 0.2) is 0 Å². The summed E-state index contributed by atoms with van der Waals surface area (Å²) in [7, 11) is 2.14. The number of rotatable bonds is 2. The van der Waals surface area contributed by atoms with Gasteiger partial charge >= 0.3 is 0 Å². The normalized spacial score (nSPS) is 19.2. The van der Waals surface area contributed by atoms with Gasteiger partial charge in [-0.2, -0.15) is 0 Å². The van der Waals surface area contributed by atoms with Gasteiger partial charge in [0.25, 0.3) is 0 Å². The van der Waals surface area contributed by atoms with Gasteiger partial charge in [0, 0.05) is 56.4 Å². The first-order chi connectivity index (χ1) is 8.77. The predicted octanol–water partition coefficient (Wildman–Crippen LogP) is 2.14. The van der Waals surface area contributed by atoms with E-state index in [1.165, 1.54) is 16.5 Å². The van der Waals surface area contributed by atoms with Crippen LogP contribution >= 0.6 is 0 Å². The number of nitrogens with zero attached hydrogens (tertiary/aromatic N) is 2. The van der Waals surface area contributed by atoms with Crippen LogP contribution in [0.15, 0.2) is 30.5 Å². The number of nitrogens with one attached hydrogen (secondary N) is 1. The third kappa shape index (κ3) is 1.93. The zero-order chi connectivity index (χ0) is 12.5. The Labute approximate surface area is 108 Å². The summed E-state index contributed by atoms with van der Waals surface area (Å²) in [6.45, 7) is 6.83.